The van der Waals surface area contributed by atoms with Gasteiger partial charge >= 0.3 is 0 Å². The molecule has 0 aliphatic rings. The number of nitrogens with one attached hydrogen (secondary N) is 1. The van der Waals surface area contributed by atoms with Crippen molar-refractivity contribution in [2.24, 2.45) is 0 Å². The highest BCUT2D eigenvalue weighted by atomic mass is 79.9. The maximum Gasteiger partial charge on any atom is 0.261 e. The minimum absolute atomic E-state index is 0.164. The van der Waals surface area contributed by atoms with Gasteiger partial charge in [-0.15, -0.1) is 0 Å². The van der Waals surface area contributed by atoms with E-state index >= 15 is 0 Å². The minimum atomic E-state index is -0.661. The van der Waals surface area contributed by atoms with Gasteiger partial charge in [0.25, 0.3) is 5.91 Å². The quantitative estimate of drug-likeness (QED) is 0.617. The second-order valence-corrected chi connectivity index (χ2v) is 9.16. The lowest BCUT2D eigenvalue weighted by molar-refractivity contribution is -0.142. The van der Waals surface area contributed by atoms with E-state index in [1.54, 1.807) is 31.2 Å². The Kier molecular flexibility index (Phi) is 8.11. The van der Waals surface area contributed by atoms with E-state index in [0.717, 1.165) is 10.0 Å². The highest BCUT2D eigenvalue weighted by Gasteiger charge is 2.28. The number of hydrogen-bond acceptors (Lipinski definition) is 3. The Balaban J connectivity index is 2.15. The molecule has 0 heterocycles. The topological polar surface area (TPSA) is 58.6 Å². The van der Waals surface area contributed by atoms with Gasteiger partial charge < -0.3 is 15.0 Å². The van der Waals surface area contributed by atoms with Gasteiger partial charge in [-0.25, -0.2) is 0 Å². The average Bonchev–Trinajstić information content (AvgIpc) is 2.65. The maximum absolute atomic E-state index is 13.0. The van der Waals surface area contributed by atoms with E-state index in [1.807, 2.05) is 45.0 Å². The van der Waals surface area contributed by atoms with Crippen LogP contribution < -0.4 is 10.1 Å². The monoisotopic (exact) mass is 480 g/mol. The van der Waals surface area contributed by atoms with Crippen LogP contribution in [0.15, 0.2) is 53.0 Å². The number of carbonyl (C=O) groups is 2. The Morgan fingerprint density at radius 1 is 1.10 bits per heavy atom. The first-order chi connectivity index (χ1) is 13.5. The van der Waals surface area contributed by atoms with Crippen LogP contribution in [0.5, 0.6) is 5.75 Å². The highest BCUT2D eigenvalue weighted by molar-refractivity contribution is 9.10. The van der Waals surface area contributed by atoms with E-state index in [0.29, 0.717) is 10.8 Å². The van der Waals surface area contributed by atoms with Crippen molar-refractivity contribution < 1.29 is 14.3 Å². The lowest BCUT2D eigenvalue weighted by atomic mass is 10.1. The zero-order valence-corrected chi connectivity index (χ0v) is 19.4. The first-order valence-electron chi connectivity index (χ1n) is 9.29. The van der Waals surface area contributed by atoms with Gasteiger partial charge in [0.1, 0.15) is 11.8 Å². The van der Waals surface area contributed by atoms with Crippen LogP contribution in [-0.2, 0) is 16.1 Å². The number of rotatable bonds is 7. The molecule has 0 saturated heterocycles. The summed E-state index contributed by atoms with van der Waals surface area (Å²) in [5.41, 5.74) is 0.482. The summed E-state index contributed by atoms with van der Waals surface area (Å²) < 4.78 is 6.55. The number of benzene rings is 2. The molecular formula is C22H26BrClN2O3. The molecule has 0 aliphatic heterocycles. The fourth-order valence-corrected chi connectivity index (χ4v) is 2.99. The summed E-state index contributed by atoms with van der Waals surface area (Å²) >= 11 is 9.32. The Bertz CT molecular complexity index is 833. The Morgan fingerprint density at radius 3 is 2.24 bits per heavy atom. The van der Waals surface area contributed by atoms with E-state index < -0.39 is 11.6 Å². The molecule has 0 fully saturated rings. The van der Waals surface area contributed by atoms with Gasteiger partial charge in [0.2, 0.25) is 5.91 Å². The fraction of sp³-hybridized carbons (Fsp3) is 0.364. The second-order valence-electron chi connectivity index (χ2n) is 7.81. The number of ether oxygens (including phenoxy) is 1. The summed E-state index contributed by atoms with van der Waals surface area (Å²) in [7, 11) is 0. The molecule has 0 spiro atoms. The van der Waals surface area contributed by atoms with Crippen molar-refractivity contribution in [1.82, 2.24) is 10.2 Å². The minimum Gasteiger partial charge on any atom is -0.484 e. The fourth-order valence-electron chi connectivity index (χ4n) is 2.60. The summed E-state index contributed by atoms with van der Waals surface area (Å²) in [5.74, 6) is 0.0858. The molecule has 2 aromatic carbocycles. The molecule has 1 atom stereocenters. The maximum atomic E-state index is 13.0. The van der Waals surface area contributed by atoms with Crippen molar-refractivity contribution in [2.45, 2.75) is 45.8 Å². The predicted octanol–water partition coefficient (Wildman–Crippen LogP) is 4.81. The van der Waals surface area contributed by atoms with E-state index in [1.165, 1.54) is 4.90 Å². The number of hydrogen-bond donors (Lipinski definition) is 1. The molecule has 1 unspecified atom stereocenters. The molecule has 7 heteroatoms. The average molecular weight is 482 g/mol. The van der Waals surface area contributed by atoms with Crippen molar-refractivity contribution in [3.8, 4) is 5.75 Å². The summed E-state index contributed by atoms with van der Waals surface area (Å²) in [5, 5.41) is 3.54. The number of halogens is 2. The lowest BCUT2D eigenvalue weighted by Gasteiger charge is -2.31. The van der Waals surface area contributed by atoms with Crippen LogP contribution in [0.25, 0.3) is 0 Å². The Labute approximate surface area is 185 Å². The van der Waals surface area contributed by atoms with Crippen LogP contribution in [-0.4, -0.2) is 34.9 Å². The van der Waals surface area contributed by atoms with Crippen LogP contribution in [0.3, 0.4) is 0 Å². The molecule has 2 rings (SSSR count). The molecule has 0 saturated carbocycles. The standard InChI is InChI=1S/C22H26BrClN2O3/c1-15(21(28)25-22(2,3)4)26(13-16-5-9-18(24)10-6-16)20(27)14-29-19-11-7-17(23)8-12-19/h5-12,15H,13-14H2,1-4H3,(H,25,28). The van der Waals surface area contributed by atoms with Crippen molar-refractivity contribution >= 4 is 39.3 Å². The molecule has 2 aromatic rings. The van der Waals surface area contributed by atoms with Gasteiger partial charge in [-0.1, -0.05) is 39.7 Å². The van der Waals surface area contributed by atoms with Gasteiger partial charge in [0.15, 0.2) is 6.61 Å². The molecule has 0 aromatic heterocycles. The molecule has 0 radical (unpaired) electrons. The van der Waals surface area contributed by atoms with Gasteiger partial charge in [0.05, 0.1) is 0 Å². The molecule has 2 amide bonds. The predicted molar refractivity (Wildman–Crippen MR) is 119 cm³/mol. The van der Waals surface area contributed by atoms with Crippen LogP contribution in [0.2, 0.25) is 5.02 Å². The first kappa shape index (κ1) is 23.2. The van der Waals surface area contributed by atoms with Crippen molar-refractivity contribution in [3.63, 3.8) is 0 Å². The smallest absolute Gasteiger partial charge is 0.261 e. The SMILES string of the molecule is CC(C(=O)NC(C)(C)C)N(Cc1ccc(Cl)cc1)C(=O)COc1ccc(Br)cc1. The van der Waals surface area contributed by atoms with Crippen LogP contribution in [0, 0.1) is 0 Å². The van der Waals surface area contributed by atoms with Crippen molar-refractivity contribution in [2.75, 3.05) is 6.61 Å². The Hall–Kier alpha value is -2.05. The number of amides is 2. The van der Waals surface area contributed by atoms with E-state index in [-0.39, 0.29) is 25.0 Å². The van der Waals surface area contributed by atoms with Crippen LogP contribution in [0.1, 0.15) is 33.3 Å². The van der Waals surface area contributed by atoms with Gasteiger partial charge in [-0.05, 0) is 69.7 Å². The molecule has 0 bridgehead atoms. The molecule has 5 nitrogen and oxygen atoms in total. The summed E-state index contributed by atoms with van der Waals surface area (Å²) in [6, 6.07) is 13.8. The zero-order chi connectivity index (χ0) is 21.6. The summed E-state index contributed by atoms with van der Waals surface area (Å²) in [6.07, 6.45) is 0. The van der Waals surface area contributed by atoms with Gasteiger partial charge in [0, 0.05) is 21.6 Å². The number of carbonyl (C=O) groups excluding carboxylic acids is 2. The normalized spacial score (nSPS) is 12.2. The van der Waals surface area contributed by atoms with Crippen LogP contribution in [0.4, 0.5) is 0 Å². The van der Waals surface area contributed by atoms with Crippen molar-refractivity contribution in [3.05, 3.63) is 63.6 Å². The largest absolute Gasteiger partial charge is 0.484 e. The third-order valence-electron chi connectivity index (χ3n) is 4.11. The highest BCUT2D eigenvalue weighted by Crippen LogP contribution is 2.18. The molecule has 0 aliphatic carbocycles. The second kappa shape index (κ2) is 10.1. The first-order valence-corrected chi connectivity index (χ1v) is 10.5. The molecular weight excluding hydrogens is 456 g/mol. The molecule has 156 valence electrons. The summed E-state index contributed by atoms with van der Waals surface area (Å²) in [4.78, 5) is 27.2. The van der Waals surface area contributed by atoms with Gasteiger partial charge in [-0.2, -0.15) is 0 Å². The van der Waals surface area contributed by atoms with Crippen LogP contribution >= 0.6 is 27.5 Å². The van der Waals surface area contributed by atoms with E-state index in [4.69, 9.17) is 16.3 Å². The van der Waals surface area contributed by atoms with E-state index in [9.17, 15) is 9.59 Å². The lowest BCUT2D eigenvalue weighted by Crippen LogP contribution is -2.53. The Morgan fingerprint density at radius 2 is 1.69 bits per heavy atom. The number of nitrogens with zero attached hydrogens (tertiary/aromatic N) is 1. The molecule has 1 N–H and O–H groups in total. The summed E-state index contributed by atoms with van der Waals surface area (Å²) in [6.45, 7) is 7.54. The van der Waals surface area contributed by atoms with Crippen molar-refractivity contribution in [1.29, 1.82) is 0 Å². The third kappa shape index (κ3) is 7.71. The third-order valence-corrected chi connectivity index (χ3v) is 4.89. The van der Waals surface area contributed by atoms with E-state index in [2.05, 4.69) is 21.2 Å². The van der Waals surface area contributed by atoms with Gasteiger partial charge in [-0.3, -0.25) is 9.59 Å². The zero-order valence-electron chi connectivity index (χ0n) is 17.0. The molecule has 29 heavy (non-hydrogen) atoms.